The van der Waals surface area contributed by atoms with Crippen LogP contribution in [0.25, 0.3) is 0 Å². The molecule has 7 heavy (non-hydrogen) atoms. The van der Waals surface area contributed by atoms with Crippen molar-refractivity contribution in [2.75, 3.05) is 0 Å². The second-order valence-electron chi connectivity index (χ2n) is 1.41. The van der Waals surface area contributed by atoms with Crippen LogP contribution in [0, 0.1) is 0 Å². The first-order valence-corrected chi connectivity index (χ1v) is 2.06. The molecular weight excluding hydrogens is 90.1 g/mol. The largest absolute Gasteiger partial charge is 0.343 e. The van der Waals surface area contributed by atoms with Gasteiger partial charge in [-0.05, 0) is 6.07 Å². The van der Waals surface area contributed by atoms with Gasteiger partial charge in [0, 0.05) is 6.20 Å². The molecule has 3 nitrogen and oxygen atoms in total. The number of azo groups is 1. The third kappa shape index (κ3) is 0.210. The molecule has 1 N–H and O–H groups in total. The standard InChI is InChI=1S/C4H3N3/c1-2-5-4-3(1)6-7-4/h1-2H,(H,5,7). The molecule has 0 spiro atoms. The number of fused-ring (bicyclic) bond motifs is 1. The highest BCUT2D eigenvalue weighted by Gasteiger charge is 2.07. The minimum absolute atomic E-state index is 0.903. The van der Waals surface area contributed by atoms with Crippen molar-refractivity contribution in [3.63, 3.8) is 0 Å². The van der Waals surface area contributed by atoms with Gasteiger partial charge in [-0.3, -0.25) is 0 Å². The molecule has 0 atom stereocenters. The van der Waals surface area contributed by atoms with Crippen LogP contribution in [0.1, 0.15) is 0 Å². The monoisotopic (exact) mass is 93.0 g/mol. The topological polar surface area (TPSA) is 40.5 Å². The molecule has 1 aromatic rings. The molecule has 0 amide bonds. The van der Waals surface area contributed by atoms with Crippen LogP contribution in [0.3, 0.4) is 0 Å². The molecule has 34 valence electrons. The minimum Gasteiger partial charge on any atom is -0.343 e. The van der Waals surface area contributed by atoms with Gasteiger partial charge in [0.15, 0.2) is 5.82 Å². The van der Waals surface area contributed by atoms with E-state index in [9.17, 15) is 0 Å². The lowest BCUT2D eigenvalue weighted by Crippen LogP contribution is -1.67. The van der Waals surface area contributed by atoms with Crippen molar-refractivity contribution in [1.29, 1.82) is 0 Å². The van der Waals surface area contributed by atoms with Crippen LogP contribution in [0.15, 0.2) is 22.5 Å². The second-order valence-corrected chi connectivity index (χ2v) is 1.41. The lowest BCUT2D eigenvalue weighted by atomic mass is 10.5. The fourth-order valence-electron chi connectivity index (χ4n) is 0.572. The number of H-pyrrole nitrogens is 1. The summed E-state index contributed by atoms with van der Waals surface area (Å²) < 4.78 is 0. The first-order valence-electron chi connectivity index (χ1n) is 2.06. The normalized spacial score (nSPS) is 13.1. The van der Waals surface area contributed by atoms with Crippen LogP contribution >= 0.6 is 0 Å². The van der Waals surface area contributed by atoms with E-state index in [1.165, 1.54) is 0 Å². The second kappa shape index (κ2) is 0.753. The molecular formula is C4H3N3. The molecule has 1 aliphatic heterocycles. The third-order valence-electron chi connectivity index (χ3n) is 0.962. The van der Waals surface area contributed by atoms with Gasteiger partial charge in [-0.1, -0.05) is 0 Å². The van der Waals surface area contributed by atoms with Gasteiger partial charge < -0.3 is 4.98 Å². The van der Waals surface area contributed by atoms with Crippen LogP contribution in [0.5, 0.6) is 0 Å². The maximum atomic E-state index is 3.69. The van der Waals surface area contributed by atoms with E-state index in [1.807, 2.05) is 12.3 Å². The molecule has 0 unspecified atom stereocenters. The fraction of sp³-hybridized carbons (Fsp3) is 0. The number of nitrogens with one attached hydrogen (secondary N) is 1. The molecule has 3 heteroatoms. The zero-order chi connectivity index (χ0) is 4.69. The number of rotatable bonds is 0. The van der Waals surface area contributed by atoms with Gasteiger partial charge in [0.05, 0.1) is 0 Å². The van der Waals surface area contributed by atoms with E-state index in [0.717, 1.165) is 11.5 Å². The van der Waals surface area contributed by atoms with E-state index in [1.54, 1.807) is 0 Å². The maximum Gasteiger partial charge on any atom is 0.180 e. The molecule has 0 fully saturated rings. The molecule has 0 radical (unpaired) electrons. The highest BCUT2D eigenvalue weighted by molar-refractivity contribution is 5.61. The highest BCUT2D eigenvalue weighted by atomic mass is 15.2. The summed E-state index contributed by atoms with van der Waals surface area (Å²) in [5.41, 5.74) is 0.972. The van der Waals surface area contributed by atoms with Crippen molar-refractivity contribution in [1.82, 2.24) is 4.98 Å². The van der Waals surface area contributed by atoms with Gasteiger partial charge in [0.25, 0.3) is 0 Å². The molecule has 0 aliphatic carbocycles. The lowest BCUT2D eigenvalue weighted by molar-refractivity contribution is 1.11. The summed E-state index contributed by atoms with van der Waals surface area (Å²) in [4.78, 5) is 2.89. The summed E-state index contributed by atoms with van der Waals surface area (Å²) in [5, 5.41) is 7.35. The number of aromatic nitrogens is 1. The van der Waals surface area contributed by atoms with Crippen molar-refractivity contribution < 1.29 is 0 Å². The first-order chi connectivity index (χ1) is 3.47. The Morgan fingerprint density at radius 2 is 2.43 bits per heavy atom. The van der Waals surface area contributed by atoms with E-state index >= 15 is 0 Å². The van der Waals surface area contributed by atoms with Crippen molar-refractivity contribution in [3.8, 4) is 0 Å². The molecule has 0 saturated carbocycles. The van der Waals surface area contributed by atoms with Gasteiger partial charge in [0.2, 0.25) is 0 Å². The van der Waals surface area contributed by atoms with E-state index in [4.69, 9.17) is 0 Å². The number of hydrogen-bond donors (Lipinski definition) is 1. The Balaban J connectivity index is 2.79. The van der Waals surface area contributed by atoms with Crippen LogP contribution in [0.2, 0.25) is 0 Å². The molecule has 0 saturated heterocycles. The Morgan fingerprint density at radius 3 is 2.71 bits per heavy atom. The van der Waals surface area contributed by atoms with Crippen molar-refractivity contribution in [2.45, 2.75) is 0 Å². The predicted octanol–water partition coefficient (Wildman–Crippen LogP) is 1.74. The molecule has 2 rings (SSSR count). The molecule has 2 heterocycles. The van der Waals surface area contributed by atoms with Gasteiger partial charge in [0.1, 0.15) is 5.69 Å². The van der Waals surface area contributed by atoms with Crippen molar-refractivity contribution in [2.24, 2.45) is 10.2 Å². The fourth-order valence-corrected chi connectivity index (χ4v) is 0.572. The molecule has 0 aromatic carbocycles. The summed E-state index contributed by atoms with van der Waals surface area (Å²) in [7, 11) is 0. The van der Waals surface area contributed by atoms with Gasteiger partial charge in [-0.25, -0.2) is 0 Å². The Hall–Kier alpha value is -1.12. The van der Waals surface area contributed by atoms with Gasteiger partial charge in [-0.2, -0.15) is 0 Å². The third-order valence-corrected chi connectivity index (χ3v) is 0.962. The van der Waals surface area contributed by atoms with E-state index < -0.39 is 0 Å². The number of hydrogen-bond acceptors (Lipinski definition) is 2. The Morgan fingerprint density at radius 1 is 1.43 bits per heavy atom. The Kier molecular flexibility index (Phi) is 0.318. The van der Waals surface area contributed by atoms with Gasteiger partial charge in [-0.15, -0.1) is 10.2 Å². The molecule has 1 aromatic heterocycles. The van der Waals surface area contributed by atoms with Crippen LogP contribution in [0.4, 0.5) is 11.5 Å². The minimum atomic E-state index is 0.903. The lowest BCUT2D eigenvalue weighted by Gasteiger charge is -1.95. The maximum absolute atomic E-state index is 3.69. The van der Waals surface area contributed by atoms with Crippen LogP contribution < -0.4 is 0 Å². The highest BCUT2D eigenvalue weighted by Crippen LogP contribution is 2.34. The van der Waals surface area contributed by atoms with Gasteiger partial charge >= 0.3 is 0 Å². The average Bonchev–Trinajstić information content (AvgIpc) is 1.85. The zero-order valence-electron chi connectivity index (χ0n) is 3.55. The summed E-state index contributed by atoms with van der Waals surface area (Å²) in [6.07, 6.45) is 1.82. The van der Waals surface area contributed by atoms with E-state index in [0.29, 0.717) is 0 Å². The quantitative estimate of drug-likeness (QED) is 0.515. The molecule has 0 bridgehead atoms. The SMILES string of the molecule is c1cc2c([nH]1)N=N2. The Labute approximate surface area is 40.1 Å². The van der Waals surface area contributed by atoms with Crippen LogP contribution in [-0.2, 0) is 0 Å². The summed E-state index contributed by atoms with van der Waals surface area (Å²) in [5.74, 6) is 0.903. The zero-order valence-corrected chi connectivity index (χ0v) is 3.55. The summed E-state index contributed by atoms with van der Waals surface area (Å²) in [6.45, 7) is 0. The van der Waals surface area contributed by atoms with Crippen molar-refractivity contribution >= 4 is 11.5 Å². The van der Waals surface area contributed by atoms with Crippen LogP contribution in [-0.4, -0.2) is 4.98 Å². The summed E-state index contributed by atoms with van der Waals surface area (Å²) >= 11 is 0. The number of aromatic amines is 1. The number of nitrogens with zero attached hydrogens (tertiary/aromatic N) is 2. The van der Waals surface area contributed by atoms with E-state index in [2.05, 4.69) is 15.2 Å². The molecule has 1 aliphatic rings. The van der Waals surface area contributed by atoms with E-state index in [-0.39, 0.29) is 0 Å². The first kappa shape index (κ1) is 2.96. The Bertz CT molecular complexity index is 190. The smallest absolute Gasteiger partial charge is 0.180 e. The predicted molar refractivity (Wildman–Crippen MR) is 25.0 cm³/mol. The average molecular weight is 93.1 g/mol. The van der Waals surface area contributed by atoms with Crippen molar-refractivity contribution in [3.05, 3.63) is 12.3 Å². The summed E-state index contributed by atoms with van der Waals surface area (Å²) in [6, 6.07) is 1.89.